The third kappa shape index (κ3) is 0.405. The SMILES string of the molecule is C=C1C[C@H]2C=C[C@@H]1C2. The van der Waals surface area contributed by atoms with Crippen molar-refractivity contribution in [1.82, 2.24) is 0 Å². The predicted octanol–water partition coefficient (Wildman–Crippen LogP) is 2.14. The van der Waals surface area contributed by atoms with Gasteiger partial charge in [-0.05, 0) is 24.7 Å². The van der Waals surface area contributed by atoms with Gasteiger partial charge in [0.15, 0.2) is 0 Å². The van der Waals surface area contributed by atoms with E-state index in [1.165, 1.54) is 18.4 Å². The minimum Gasteiger partial charge on any atom is -0.0992 e. The van der Waals surface area contributed by atoms with Crippen molar-refractivity contribution in [3.05, 3.63) is 24.3 Å². The van der Waals surface area contributed by atoms with Gasteiger partial charge in [0.2, 0.25) is 0 Å². The fraction of sp³-hybridized carbons (Fsp3) is 0.500. The maximum atomic E-state index is 3.99. The van der Waals surface area contributed by atoms with Crippen molar-refractivity contribution >= 4 is 0 Å². The molecular formula is C8H10. The van der Waals surface area contributed by atoms with Crippen LogP contribution in [0.15, 0.2) is 24.3 Å². The first kappa shape index (κ1) is 4.37. The van der Waals surface area contributed by atoms with Crippen LogP contribution < -0.4 is 0 Å². The summed E-state index contributed by atoms with van der Waals surface area (Å²) in [6.07, 6.45) is 7.26. The molecule has 0 aromatic heterocycles. The Morgan fingerprint density at radius 3 is 2.62 bits per heavy atom. The van der Waals surface area contributed by atoms with Crippen LogP contribution in [0.3, 0.4) is 0 Å². The Hall–Kier alpha value is -0.520. The molecule has 0 unspecified atom stereocenters. The highest BCUT2D eigenvalue weighted by atomic mass is 14.3. The molecule has 42 valence electrons. The highest BCUT2D eigenvalue weighted by Gasteiger charge is 2.28. The van der Waals surface area contributed by atoms with Gasteiger partial charge in [0.1, 0.15) is 0 Å². The Balaban J connectivity index is 2.35. The molecule has 2 aliphatic rings. The normalized spacial score (nSPS) is 41.8. The number of fused-ring (bicyclic) bond motifs is 2. The van der Waals surface area contributed by atoms with Crippen LogP contribution in [0.1, 0.15) is 12.8 Å². The lowest BCUT2D eigenvalue weighted by molar-refractivity contribution is 0.693. The van der Waals surface area contributed by atoms with E-state index in [2.05, 4.69) is 18.7 Å². The summed E-state index contributed by atoms with van der Waals surface area (Å²) in [5.41, 5.74) is 1.46. The van der Waals surface area contributed by atoms with Gasteiger partial charge < -0.3 is 0 Å². The second kappa shape index (κ2) is 1.25. The van der Waals surface area contributed by atoms with Crippen LogP contribution in [0.2, 0.25) is 0 Å². The Labute approximate surface area is 49.9 Å². The second-order valence-corrected chi connectivity index (χ2v) is 2.85. The molecule has 0 heterocycles. The Morgan fingerprint density at radius 2 is 2.38 bits per heavy atom. The molecule has 0 N–H and O–H groups in total. The first-order valence-corrected chi connectivity index (χ1v) is 3.22. The van der Waals surface area contributed by atoms with E-state index in [1.807, 2.05) is 0 Å². The quantitative estimate of drug-likeness (QED) is 0.415. The molecule has 8 heavy (non-hydrogen) atoms. The number of hydrogen-bond donors (Lipinski definition) is 0. The van der Waals surface area contributed by atoms with Crippen molar-refractivity contribution in [3.8, 4) is 0 Å². The van der Waals surface area contributed by atoms with Crippen LogP contribution in [0.5, 0.6) is 0 Å². The molecule has 0 aromatic rings. The standard InChI is InChI=1S/C8H10/c1-6-4-7-2-3-8(6)5-7/h2-3,7-8H,1,4-5H2/t7-,8-/m1/s1. The molecule has 0 aromatic carbocycles. The van der Waals surface area contributed by atoms with Crippen LogP contribution in [0.25, 0.3) is 0 Å². The fourth-order valence-corrected chi connectivity index (χ4v) is 1.72. The Kier molecular flexibility index (Phi) is 0.682. The highest BCUT2D eigenvalue weighted by Crippen LogP contribution is 2.41. The third-order valence-electron chi connectivity index (χ3n) is 2.22. The molecule has 1 saturated carbocycles. The molecule has 2 aliphatic carbocycles. The van der Waals surface area contributed by atoms with Crippen LogP contribution in [0.4, 0.5) is 0 Å². The second-order valence-electron chi connectivity index (χ2n) is 2.85. The fourth-order valence-electron chi connectivity index (χ4n) is 1.72. The van der Waals surface area contributed by atoms with E-state index >= 15 is 0 Å². The number of rotatable bonds is 0. The van der Waals surface area contributed by atoms with E-state index < -0.39 is 0 Å². The average molecular weight is 106 g/mol. The summed E-state index contributed by atoms with van der Waals surface area (Å²) in [6.45, 7) is 3.99. The van der Waals surface area contributed by atoms with E-state index in [1.54, 1.807) is 0 Å². The zero-order chi connectivity index (χ0) is 5.56. The van der Waals surface area contributed by atoms with Gasteiger partial charge in [-0.3, -0.25) is 0 Å². The van der Waals surface area contributed by atoms with E-state index in [4.69, 9.17) is 0 Å². The van der Waals surface area contributed by atoms with Gasteiger partial charge in [-0.2, -0.15) is 0 Å². The van der Waals surface area contributed by atoms with Gasteiger partial charge in [0.25, 0.3) is 0 Å². The molecule has 2 atom stereocenters. The monoisotopic (exact) mass is 106 g/mol. The molecule has 2 rings (SSSR count). The molecule has 0 spiro atoms. The van der Waals surface area contributed by atoms with E-state index in [0.717, 1.165) is 11.8 Å². The van der Waals surface area contributed by atoms with Crippen LogP contribution >= 0.6 is 0 Å². The van der Waals surface area contributed by atoms with Crippen LogP contribution in [-0.2, 0) is 0 Å². The minimum atomic E-state index is 0.764. The topological polar surface area (TPSA) is 0 Å². The van der Waals surface area contributed by atoms with Gasteiger partial charge in [-0.15, -0.1) is 0 Å². The zero-order valence-corrected chi connectivity index (χ0v) is 4.93. The third-order valence-corrected chi connectivity index (χ3v) is 2.22. The van der Waals surface area contributed by atoms with Crippen molar-refractivity contribution in [3.63, 3.8) is 0 Å². The maximum absolute atomic E-state index is 3.99. The average Bonchev–Trinajstić information content (AvgIpc) is 2.23. The lowest BCUT2D eigenvalue weighted by Gasteiger charge is -2.02. The molecule has 0 aliphatic heterocycles. The molecule has 0 radical (unpaired) electrons. The number of allylic oxidation sites excluding steroid dienone is 3. The van der Waals surface area contributed by atoms with Gasteiger partial charge in [0.05, 0.1) is 0 Å². The van der Waals surface area contributed by atoms with Crippen molar-refractivity contribution in [1.29, 1.82) is 0 Å². The van der Waals surface area contributed by atoms with Gasteiger partial charge in [-0.1, -0.05) is 24.3 Å². The smallest absolute Gasteiger partial charge is 0.00199 e. The van der Waals surface area contributed by atoms with E-state index in [9.17, 15) is 0 Å². The lowest BCUT2D eigenvalue weighted by Crippen LogP contribution is -1.88. The summed E-state index contributed by atoms with van der Waals surface area (Å²) in [5.74, 6) is 1.63. The van der Waals surface area contributed by atoms with Crippen molar-refractivity contribution in [2.24, 2.45) is 11.8 Å². The molecule has 0 amide bonds. The van der Waals surface area contributed by atoms with Crippen molar-refractivity contribution in [2.75, 3.05) is 0 Å². The van der Waals surface area contributed by atoms with Crippen LogP contribution in [-0.4, -0.2) is 0 Å². The summed E-state index contributed by atoms with van der Waals surface area (Å²) in [5, 5.41) is 0. The summed E-state index contributed by atoms with van der Waals surface area (Å²) in [4.78, 5) is 0. The first-order valence-electron chi connectivity index (χ1n) is 3.22. The minimum absolute atomic E-state index is 0.764. The Bertz CT molecular complexity index is 153. The maximum Gasteiger partial charge on any atom is -0.00199 e. The predicted molar refractivity (Wildman–Crippen MR) is 34.5 cm³/mol. The largest absolute Gasteiger partial charge is 0.0992 e. The summed E-state index contributed by atoms with van der Waals surface area (Å²) in [6, 6.07) is 0. The first-order chi connectivity index (χ1) is 3.86. The molecule has 2 bridgehead atoms. The summed E-state index contributed by atoms with van der Waals surface area (Å²) in [7, 11) is 0. The Morgan fingerprint density at radius 1 is 1.50 bits per heavy atom. The molecule has 0 saturated heterocycles. The van der Waals surface area contributed by atoms with Gasteiger partial charge >= 0.3 is 0 Å². The van der Waals surface area contributed by atoms with Crippen molar-refractivity contribution in [2.45, 2.75) is 12.8 Å². The summed E-state index contributed by atoms with van der Waals surface area (Å²) < 4.78 is 0. The highest BCUT2D eigenvalue weighted by molar-refractivity contribution is 5.24. The molecule has 0 heteroatoms. The molecule has 0 nitrogen and oxygen atoms in total. The summed E-state index contributed by atoms with van der Waals surface area (Å²) >= 11 is 0. The van der Waals surface area contributed by atoms with Crippen molar-refractivity contribution < 1.29 is 0 Å². The molecule has 1 fully saturated rings. The zero-order valence-electron chi connectivity index (χ0n) is 4.93. The van der Waals surface area contributed by atoms with E-state index in [-0.39, 0.29) is 0 Å². The van der Waals surface area contributed by atoms with Crippen LogP contribution in [0, 0.1) is 11.8 Å². The lowest BCUT2D eigenvalue weighted by atomic mass is 10.0. The van der Waals surface area contributed by atoms with E-state index in [0.29, 0.717) is 0 Å². The van der Waals surface area contributed by atoms with Gasteiger partial charge in [-0.25, -0.2) is 0 Å². The van der Waals surface area contributed by atoms with Gasteiger partial charge in [0, 0.05) is 0 Å². The molecular weight excluding hydrogens is 96.1 g/mol. The number of hydrogen-bond acceptors (Lipinski definition) is 0.